The molecule has 1 unspecified atom stereocenters. The molecule has 15 heavy (non-hydrogen) atoms. The van der Waals surface area contributed by atoms with E-state index >= 15 is 0 Å². The second-order valence-electron chi connectivity index (χ2n) is 4.02. The fraction of sp³-hybridized carbons (Fsp3) is 0.545. The Kier molecular flexibility index (Phi) is 3.59. The fourth-order valence-electron chi connectivity index (χ4n) is 2.06. The van der Waals surface area contributed by atoms with Crippen LogP contribution in [0.25, 0.3) is 0 Å². The van der Waals surface area contributed by atoms with Crippen molar-refractivity contribution < 1.29 is 4.79 Å². The molecule has 1 aromatic rings. The summed E-state index contributed by atoms with van der Waals surface area (Å²) < 4.78 is 1.13. The van der Waals surface area contributed by atoms with Crippen LogP contribution in [0.4, 0.5) is 0 Å². The number of halogens is 1. The van der Waals surface area contributed by atoms with E-state index in [1.54, 1.807) is 11.3 Å². The van der Waals surface area contributed by atoms with Crippen molar-refractivity contribution >= 4 is 33.0 Å². The van der Waals surface area contributed by atoms with Crippen LogP contribution in [-0.4, -0.2) is 23.8 Å². The molecule has 1 fully saturated rings. The monoisotopic (exact) mass is 287 g/mol. The smallest absolute Gasteiger partial charge is 0.149 e. The van der Waals surface area contributed by atoms with Crippen molar-refractivity contribution in [1.29, 1.82) is 0 Å². The number of ketones is 1. The maximum atomic E-state index is 11.6. The lowest BCUT2D eigenvalue weighted by Crippen LogP contribution is -2.33. The van der Waals surface area contributed by atoms with E-state index in [1.165, 1.54) is 4.88 Å². The normalized spacial score (nSPS) is 21.5. The van der Waals surface area contributed by atoms with Crippen LogP contribution in [-0.2, 0) is 11.3 Å². The van der Waals surface area contributed by atoms with Gasteiger partial charge in [-0.3, -0.25) is 9.69 Å². The molecule has 1 atom stereocenters. The first kappa shape index (κ1) is 11.3. The molecule has 0 N–H and O–H groups in total. The van der Waals surface area contributed by atoms with Gasteiger partial charge in [-0.1, -0.05) is 0 Å². The van der Waals surface area contributed by atoms with Gasteiger partial charge in [0.2, 0.25) is 0 Å². The van der Waals surface area contributed by atoms with Gasteiger partial charge in [-0.25, -0.2) is 0 Å². The van der Waals surface area contributed by atoms with Crippen molar-refractivity contribution in [3.8, 4) is 0 Å². The van der Waals surface area contributed by atoms with Crippen LogP contribution in [0.1, 0.15) is 24.1 Å². The van der Waals surface area contributed by atoms with E-state index in [1.807, 2.05) is 7.05 Å². The largest absolute Gasteiger partial charge is 0.298 e. The van der Waals surface area contributed by atoms with Crippen molar-refractivity contribution in [2.24, 2.45) is 0 Å². The van der Waals surface area contributed by atoms with Crippen LogP contribution in [0, 0.1) is 0 Å². The molecule has 82 valence electrons. The third-order valence-electron chi connectivity index (χ3n) is 2.83. The Morgan fingerprint density at radius 1 is 1.67 bits per heavy atom. The summed E-state index contributed by atoms with van der Waals surface area (Å²) in [4.78, 5) is 15.0. The minimum atomic E-state index is 0.158. The molecule has 1 saturated carbocycles. The molecule has 0 saturated heterocycles. The van der Waals surface area contributed by atoms with Crippen LogP contribution in [0.15, 0.2) is 15.9 Å². The van der Waals surface area contributed by atoms with Crippen LogP contribution in [0.5, 0.6) is 0 Å². The van der Waals surface area contributed by atoms with E-state index in [4.69, 9.17) is 0 Å². The van der Waals surface area contributed by atoms with Gasteiger partial charge < -0.3 is 0 Å². The van der Waals surface area contributed by atoms with Crippen molar-refractivity contribution in [2.45, 2.75) is 31.8 Å². The SMILES string of the molecule is CN(Cc1cc(Br)cs1)C1CCCC1=O. The van der Waals surface area contributed by atoms with Gasteiger partial charge in [-0.05, 0) is 41.9 Å². The second-order valence-corrected chi connectivity index (χ2v) is 5.93. The molecule has 4 heteroatoms. The zero-order valence-corrected chi connectivity index (χ0v) is 11.1. The number of carbonyl (C=O) groups is 1. The molecule has 1 aliphatic rings. The van der Waals surface area contributed by atoms with Gasteiger partial charge in [0.1, 0.15) is 5.78 Å². The minimum Gasteiger partial charge on any atom is -0.298 e. The molecule has 0 amide bonds. The van der Waals surface area contributed by atoms with E-state index in [2.05, 4.69) is 32.3 Å². The van der Waals surface area contributed by atoms with Gasteiger partial charge in [0.15, 0.2) is 0 Å². The van der Waals surface area contributed by atoms with Crippen LogP contribution < -0.4 is 0 Å². The Morgan fingerprint density at radius 3 is 3.00 bits per heavy atom. The number of Topliss-reactive ketones (excluding diaryl/α,β-unsaturated/α-hetero) is 1. The van der Waals surface area contributed by atoms with Crippen molar-refractivity contribution in [2.75, 3.05) is 7.05 Å². The summed E-state index contributed by atoms with van der Waals surface area (Å²) in [5, 5.41) is 2.08. The Labute approximate surface area is 102 Å². The quantitative estimate of drug-likeness (QED) is 0.852. The predicted octanol–water partition coefficient (Wildman–Crippen LogP) is 3.06. The lowest BCUT2D eigenvalue weighted by atomic mass is 10.2. The summed E-state index contributed by atoms with van der Waals surface area (Å²) in [5.74, 6) is 0.410. The third-order valence-corrected chi connectivity index (χ3v) is 4.51. The molecule has 0 aromatic carbocycles. The number of carbonyl (C=O) groups excluding carboxylic acids is 1. The minimum absolute atomic E-state index is 0.158. The predicted molar refractivity (Wildman–Crippen MR) is 66.1 cm³/mol. The van der Waals surface area contributed by atoms with Gasteiger partial charge in [0.25, 0.3) is 0 Å². The van der Waals surface area contributed by atoms with Crippen molar-refractivity contribution in [3.63, 3.8) is 0 Å². The number of rotatable bonds is 3. The van der Waals surface area contributed by atoms with Gasteiger partial charge in [-0.15, -0.1) is 11.3 Å². The zero-order chi connectivity index (χ0) is 10.8. The first-order chi connectivity index (χ1) is 7.16. The zero-order valence-electron chi connectivity index (χ0n) is 8.70. The van der Waals surface area contributed by atoms with Gasteiger partial charge >= 0.3 is 0 Å². The summed E-state index contributed by atoms with van der Waals surface area (Å²) in [7, 11) is 2.04. The molecule has 0 aliphatic heterocycles. The van der Waals surface area contributed by atoms with E-state index in [0.29, 0.717) is 5.78 Å². The lowest BCUT2D eigenvalue weighted by Gasteiger charge is -2.21. The van der Waals surface area contributed by atoms with E-state index < -0.39 is 0 Å². The molecule has 0 radical (unpaired) electrons. The molecule has 2 rings (SSSR count). The molecule has 0 spiro atoms. The van der Waals surface area contributed by atoms with Gasteiger partial charge in [0, 0.05) is 27.7 Å². The Morgan fingerprint density at radius 2 is 2.47 bits per heavy atom. The van der Waals surface area contributed by atoms with Crippen LogP contribution in [0.2, 0.25) is 0 Å². The molecular formula is C11H14BrNOS. The molecule has 1 heterocycles. The molecule has 2 nitrogen and oxygen atoms in total. The maximum absolute atomic E-state index is 11.6. The topological polar surface area (TPSA) is 20.3 Å². The van der Waals surface area contributed by atoms with E-state index in [-0.39, 0.29) is 6.04 Å². The molecule has 1 aromatic heterocycles. The van der Waals surface area contributed by atoms with Gasteiger partial charge in [-0.2, -0.15) is 0 Å². The Bertz CT molecular complexity index is 363. The van der Waals surface area contributed by atoms with E-state index in [9.17, 15) is 4.79 Å². The van der Waals surface area contributed by atoms with Crippen molar-refractivity contribution in [3.05, 3.63) is 20.8 Å². The standard InChI is InChI=1S/C11H14BrNOS/c1-13(10-3-2-4-11(10)14)6-9-5-8(12)7-15-9/h5,7,10H,2-4,6H2,1H3. The molecule has 0 bridgehead atoms. The molecular weight excluding hydrogens is 274 g/mol. The number of hydrogen-bond acceptors (Lipinski definition) is 3. The highest BCUT2D eigenvalue weighted by Crippen LogP contribution is 2.24. The van der Waals surface area contributed by atoms with Crippen LogP contribution in [0.3, 0.4) is 0 Å². The average Bonchev–Trinajstić information content (AvgIpc) is 2.75. The maximum Gasteiger partial charge on any atom is 0.149 e. The summed E-state index contributed by atoms with van der Waals surface area (Å²) in [6, 6.07) is 2.28. The highest BCUT2D eigenvalue weighted by atomic mass is 79.9. The molecule has 1 aliphatic carbocycles. The first-order valence-corrected chi connectivity index (χ1v) is 6.80. The number of likely N-dealkylation sites (N-methyl/N-ethyl adjacent to an activating group) is 1. The number of thiophene rings is 1. The number of nitrogens with zero attached hydrogens (tertiary/aromatic N) is 1. The first-order valence-electron chi connectivity index (χ1n) is 5.12. The van der Waals surface area contributed by atoms with E-state index in [0.717, 1.165) is 30.3 Å². The Hall–Kier alpha value is -0.190. The van der Waals surface area contributed by atoms with Crippen LogP contribution >= 0.6 is 27.3 Å². The summed E-state index contributed by atoms with van der Waals surface area (Å²) in [5.41, 5.74) is 0. The highest BCUT2D eigenvalue weighted by Gasteiger charge is 2.27. The average molecular weight is 288 g/mol. The fourth-order valence-corrected chi connectivity index (χ4v) is 3.57. The summed E-state index contributed by atoms with van der Waals surface area (Å²) >= 11 is 5.18. The lowest BCUT2D eigenvalue weighted by molar-refractivity contribution is -0.121. The van der Waals surface area contributed by atoms with Gasteiger partial charge in [0.05, 0.1) is 6.04 Å². The second kappa shape index (κ2) is 4.76. The summed E-state index contributed by atoms with van der Waals surface area (Å²) in [6.45, 7) is 0.882. The third kappa shape index (κ3) is 2.68. The number of hydrogen-bond donors (Lipinski definition) is 0. The Balaban J connectivity index is 1.97. The highest BCUT2D eigenvalue weighted by molar-refractivity contribution is 9.10. The summed E-state index contributed by atoms with van der Waals surface area (Å²) in [6.07, 6.45) is 2.85. The van der Waals surface area contributed by atoms with Crippen molar-refractivity contribution in [1.82, 2.24) is 4.90 Å².